The van der Waals surface area contributed by atoms with Gasteiger partial charge in [0.25, 0.3) is 0 Å². The lowest BCUT2D eigenvalue weighted by Gasteiger charge is -1.96. The largest absolute Gasteiger partial charge is 0.481 e. The van der Waals surface area contributed by atoms with Crippen LogP contribution in [-0.4, -0.2) is 24.3 Å². The van der Waals surface area contributed by atoms with Crippen LogP contribution in [0.5, 0.6) is 0 Å². The van der Waals surface area contributed by atoms with Crippen molar-refractivity contribution in [1.82, 2.24) is 0 Å². The Hall–Kier alpha value is -1.35. The summed E-state index contributed by atoms with van der Waals surface area (Å²) in [5.74, 6) is -1.12. The molecule has 0 bridgehead atoms. The van der Waals surface area contributed by atoms with Gasteiger partial charge in [-0.1, -0.05) is 30.3 Å². The van der Waals surface area contributed by atoms with E-state index in [9.17, 15) is 4.79 Å². The first kappa shape index (κ1) is 9.21. The third-order valence-corrected chi connectivity index (χ3v) is 2.70. The Labute approximate surface area is 82.3 Å². The predicted molar refractivity (Wildman–Crippen MR) is 51.1 cm³/mol. The van der Waals surface area contributed by atoms with E-state index in [0.717, 1.165) is 5.56 Å². The molecule has 1 aromatic rings. The third-order valence-electron chi connectivity index (χ3n) is 2.70. The minimum atomic E-state index is -0.772. The molecule has 1 fully saturated rings. The molecule has 3 nitrogen and oxygen atoms in total. The summed E-state index contributed by atoms with van der Waals surface area (Å²) in [5.41, 5.74) is 1.05. The maximum atomic E-state index is 10.8. The molecular formula is C11H12O3. The maximum Gasteiger partial charge on any atom is 0.309 e. The number of hydrogen-bond acceptors (Lipinski definition) is 2. The Bertz CT molecular complexity index is 334. The number of carbonyl (C=O) groups is 1. The molecule has 0 aliphatic heterocycles. The number of carboxylic acid groups (broad SMARTS) is 1. The first-order valence-electron chi connectivity index (χ1n) is 4.56. The smallest absolute Gasteiger partial charge is 0.309 e. The Kier molecular flexibility index (Phi) is 2.25. The number of ether oxygens (including phenoxy) is 1. The van der Waals surface area contributed by atoms with Crippen LogP contribution < -0.4 is 0 Å². The summed E-state index contributed by atoms with van der Waals surface area (Å²) in [4.78, 5) is 10.8. The fourth-order valence-electron chi connectivity index (χ4n) is 1.94. The van der Waals surface area contributed by atoms with Gasteiger partial charge in [0, 0.05) is 13.0 Å². The van der Waals surface area contributed by atoms with E-state index < -0.39 is 5.97 Å². The molecule has 74 valence electrons. The molecule has 0 spiro atoms. The van der Waals surface area contributed by atoms with Crippen LogP contribution in [-0.2, 0) is 9.53 Å². The van der Waals surface area contributed by atoms with Crippen molar-refractivity contribution < 1.29 is 14.6 Å². The highest BCUT2D eigenvalue weighted by atomic mass is 16.5. The summed E-state index contributed by atoms with van der Waals surface area (Å²) in [5, 5.41) is 8.91. The summed E-state index contributed by atoms with van der Waals surface area (Å²) in [6.45, 7) is 0. The second-order valence-electron chi connectivity index (χ2n) is 3.50. The van der Waals surface area contributed by atoms with Crippen LogP contribution in [0.1, 0.15) is 11.5 Å². The molecule has 1 aliphatic rings. The highest BCUT2D eigenvalue weighted by molar-refractivity contribution is 5.77. The first-order valence-corrected chi connectivity index (χ1v) is 4.56. The zero-order valence-corrected chi connectivity index (χ0v) is 7.88. The summed E-state index contributed by atoms with van der Waals surface area (Å²) in [6.07, 6.45) is -0.158. The molecular weight excluding hydrogens is 180 g/mol. The molecule has 0 radical (unpaired) electrons. The monoisotopic (exact) mass is 192 g/mol. The average Bonchev–Trinajstić information content (AvgIpc) is 2.93. The number of aliphatic carboxylic acids is 1. The lowest BCUT2D eigenvalue weighted by atomic mass is 10.1. The normalized spacial score (nSPS) is 29.9. The Morgan fingerprint density at radius 2 is 2.00 bits per heavy atom. The van der Waals surface area contributed by atoms with E-state index in [2.05, 4.69) is 0 Å². The number of benzene rings is 1. The molecule has 1 saturated carbocycles. The van der Waals surface area contributed by atoms with Crippen molar-refractivity contribution in [3.8, 4) is 0 Å². The van der Waals surface area contributed by atoms with Gasteiger partial charge in [0.05, 0.1) is 12.0 Å². The van der Waals surface area contributed by atoms with E-state index in [4.69, 9.17) is 9.84 Å². The van der Waals surface area contributed by atoms with Gasteiger partial charge in [-0.3, -0.25) is 4.79 Å². The second kappa shape index (κ2) is 3.42. The van der Waals surface area contributed by atoms with E-state index in [-0.39, 0.29) is 17.9 Å². The fourth-order valence-corrected chi connectivity index (χ4v) is 1.94. The van der Waals surface area contributed by atoms with Crippen LogP contribution >= 0.6 is 0 Å². The van der Waals surface area contributed by atoms with Crippen LogP contribution in [0.3, 0.4) is 0 Å². The Balaban J connectivity index is 2.18. The van der Waals surface area contributed by atoms with Gasteiger partial charge in [-0.05, 0) is 5.56 Å². The minimum absolute atomic E-state index is 0.0266. The lowest BCUT2D eigenvalue weighted by Crippen LogP contribution is -2.02. The number of rotatable bonds is 3. The molecule has 0 aromatic heterocycles. The van der Waals surface area contributed by atoms with E-state index in [0.29, 0.717) is 0 Å². The first-order chi connectivity index (χ1) is 6.75. The van der Waals surface area contributed by atoms with Crippen molar-refractivity contribution in [2.45, 2.75) is 12.0 Å². The van der Waals surface area contributed by atoms with Gasteiger partial charge in [0.15, 0.2) is 0 Å². The lowest BCUT2D eigenvalue weighted by molar-refractivity contribution is -0.139. The fraction of sp³-hybridized carbons (Fsp3) is 0.364. The minimum Gasteiger partial charge on any atom is -0.481 e. The van der Waals surface area contributed by atoms with Gasteiger partial charge >= 0.3 is 5.97 Å². The topological polar surface area (TPSA) is 46.5 Å². The van der Waals surface area contributed by atoms with E-state index in [1.165, 1.54) is 0 Å². The summed E-state index contributed by atoms with van der Waals surface area (Å²) in [7, 11) is 1.56. The van der Waals surface area contributed by atoms with Crippen molar-refractivity contribution in [3.05, 3.63) is 35.9 Å². The average molecular weight is 192 g/mol. The molecule has 3 heteroatoms. The van der Waals surface area contributed by atoms with Crippen molar-refractivity contribution in [2.75, 3.05) is 7.11 Å². The van der Waals surface area contributed by atoms with Crippen molar-refractivity contribution in [2.24, 2.45) is 5.92 Å². The second-order valence-corrected chi connectivity index (χ2v) is 3.50. The van der Waals surface area contributed by atoms with Gasteiger partial charge in [0.1, 0.15) is 0 Å². The van der Waals surface area contributed by atoms with Gasteiger partial charge in [-0.25, -0.2) is 0 Å². The van der Waals surface area contributed by atoms with Gasteiger partial charge in [-0.2, -0.15) is 0 Å². The van der Waals surface area contributed by atoms with Gasteiger partial charge in [-0.15, -0.1) is 0 Å². The molecule has 1 aliphatic carbocycles. The molecule has 2 rings (SSSR count). The summed E-state index contributed by atoms with van der Waals surface area (Å²) in [6, 6.07) is 9.64. The van der Waals surface area contributed by atoms with E-state index in [1.807, 2.05) is 30.3 Å². The van der Waals surface area contributed by atoms with Crippen molar-refractivity contribution in [1.29, 1.82) is 0 Å². The van der Waals surface area contributed by atoms with Crippen LogP contribution in [0.4, 0.5) is 0 Å². The van der Waals surface area contributed by atoms with E-state index in [1.54, 1.807) is 7.11 Å². The number of carboxylic acids is 1. The molecule has 1 aromatic carbocycles. The van der Waals surface area contributed by atoms with Crippen LogP contribution in [0, 0.1) is 5.92 Å². The molecule has 14 heavy (non-hydrogen) atoms. The van der Waals surface area contributed by atoms with Crippen LogP contribution in [0.2, 0.25) is 0 Å². The Morgan fingerprint density at radius 3 is 2.43 bits per heavy atom. The third kappa shape index (κ3) is 1.40. The van der Waals surface area contributed by atoms with E-state index >= 15 is 0 Å². The molecule has 0 heterocycles. The van der Waals surface area contributed by atoms with Crippen molar-refractivity contribution in [3.63, 3.8) is 0 Å². The molecule has 1 N–H and O–H groups in total. The molecule has 0 amide bonds. The molecule has 0 saturated heterocycles. The van der Waals surface area contributed by atoms with Crippen LogP contribution in [0.15, 0.2) is 30.3 Å². The predicted octanol–water partition coefficient (Wildman–Crippen LogP) is 1.50. The Morgan fingerprint density at radius 1 is 1.36 bits per heavy atom. The zero-order chi connectivity index (χ0) is 10.1. The maximum absolute atomic E-state index is 10.8. The zero-order valence-electron chi connectivity index (χ0n) is 7.88. The molecule has 0 unspecified atom stereocenters. The van der Waals surface area contributed by atoms with Gasteiger partial charge in [0.2, 0.25) is 0 Å². The summed E-state index contributed by atoms with van der Waals surface area (Å²) < 4.78 is 5.12. The number of hydrogen-bond donors (Lipinski definition) is 1. The standard InChI is InChI=1S/C11H12O3/c1-14-10-8(9(10)11(12)13)7-5-3-2-4-6-7/h2-6,8-10H,1H3,(H,12,13)/t8-,9-,10+/m0/s1. The highest BCUT2D eigenvalue weighted by Crippen LogP contribution is 2.49. The van der Waals surface area contributed by atoms with Crippen molar-refractivity contribution >= 4 is 5.97 Å². The molecule has 3 atom stereocenters. The highest BCUT2D eigenvalue weighted by Gasteiger charge is 2.56. The SMILES string of the molecule is CO[C@H]1[C@@H](C(=O)O)[C@@H]1c1ccccc1. The summed E-state index contributed by atoms with van der Waals surface area (Å²) >= 11 is 0. The van der Waals surface area contributed by atoms with Crippen LogP contribution in [0.25, 0.3) is 0 Å². The quantitative estimate of drug-likeness (QED) is 0.789. The van der Waals surface area contributed by atoms with Gasteiger partial charge < -0.3 is 9.84 Å². The number of methoxy groups -OCH3 is 1.